The Balaban J connectivity index is 1.30. The molecule has 0 fully saturated rings. The summed E-state index contributed by atoms with van der Waals surface area (Å²) in [4.78, 5) is 13.9. The first-order valence-corrected chi connectivity index (χ1v) is 16.3. The molecule has 0 radical (unpaired) electrons. The van der Waals surface area contributed by atoms with Gasteiger partial charge in [-0.2, -0.15) is 5.26 Å². The molecule has 9 rings (SSSR count). The molecule has 0 aliphatic rings. The Morgan fingerprint density at radius 1 is 0.583 bits per heavy atom. The summed E-state index contributed by atoms with van der Waals surface area (Å²) < 4.78 is 4.69. The molecule has 0 N–H and O–H groups in total. The standard InChI is InChI=1S/C42H23N5S/c1-44-34-22-28(41-33(25-43)40(26-12-4-2-5-13-26)45-42(46-41)27-14-6-3-7-15-27)20-21-36(34)47-35-18-10-8-16-29(35)31-24-39-32(23-37(31)47)30-17-9-11-19-38(30)48-39/h2-24H. The van der Waals surface area contributed by atoms with Crippen LogP contribution < -0.4 is 0 Å². The molecule has 0 spiro atoms. The summed E-state index contributed by atoms with van der Waals surface area (Å²) in [5.74, 6) is 0.520. The fourth-order valence-electron chi connectivity index (χ4n) is 6.69. The van der Waals surface area contributed by atoms with E-state index in [0.29, 0.717) is 34.0 Å². The summed E-state index contributed by atoms with van der Waals surface area (Å²) in [6, 6.07) is 49.1. The van der Waals surface area contributed by atoms with Crippen LogP contribution in [0.4, 0.5) is 5.69 Å². The molecule has 0 atom stereocenters. The van der Waals surface area contributed by atoms with Gasteiger partial charge >= 0.3 is 0 Å². The maximum absolute atomic E-state index is 10.5. The van der Waals surface area contributed by atoms with Gasteiger partial charge in [0.25, 0.3) is 0 Å². The molecular formula is C42H23N5S. The topological polar surface area (TPSA) is 58.9 Å². The van der Waals surface area contributed by atoms with E-state index in [4.69, 9.17) is 16.5 Å². The van der Waals surface area contributed by atoms with Crippen molar-refractivity contribution < 1.29 is 0 Å². The molecule has 3 aromatic heterocycles. The third-order valence-corrected chi connectivity index (χ3v) is 10.0. The molecule has 0 bridgehead atoms. The monoisotopic (exact) mass is 629 g/mol. The molecule has 222 valence electrons. The number of thiophene rings is 1. The normalized spacial score (nSPS) is 11.3. The van der Waals surface area contributed by atoms with Crippen LogP contribution >= 0.6 is 11.3 Å². The average molecular weight is 630 g/mol. The lowest BCUT2D eigenvalue weighted by Crippen LogP contribution is -2.01. The zero-order valence-corrected chi connectivity index (χ0v) is 26.2. The number of hydrogen-bond donors (Lipinski definition) is 0. The van der Waals surface area contributed by atoms with Gasteiger partial charge in [0.15, 0.2) is 5.82 Å². The van der Waals surface area contributed by atoms with E-state index in [-0.39, 0.29) is 0 Å². The van der Waals surface area contributed by atoms with Gasteiger partial charge < -0.3 is 4.57 Å². The van der Waals surface area contributed by atoms with Crippen LogP contribution in [0.15, 0.2) is 140 Å². The van der Waals surface area contributed by atoms with E-state index < -0.39 is 0 Å². The van der Waals surface area contributed by atoms with Crippen molar-refractivity contribution in [2.45, 2.75) is 0 Å². The fraction of sp³-hybridized carbons (Fsp3) is 0. The highest BCUT2D eigenvalue weighted by atomic mass is 32.1. The summed E-state index contributed by atoms with van der Waals surface area (Å²) in [5.41, 5.74) is 7.10. The van der Waals surface area contributed by atoms with Crippen LogP contribution in [-0.2, 0) is 0 Å². The molecule has 0 saturated carbocycles. The lowest BCUT2D eigenvalue weighted by atomic mass is 9.99. The molecule has 5 nitrogen and oxygen atoms in total. The van der Waals surface area contributed by atoms with E-state index in [1.54, 1.807) is 11.3 Å². The molecule has 0 unspecified atom stereocenters. The number of nitriles is 1. The molecule has 6 heteroatoms. The van der Waals surface area contributed by atoms with Crippen molar-refractivity contribution >= 4 is 59.0 Å². The molecule has 48 heavy (non-hydrogen) atoms. The van der Waals surface area contributed by atoms with Gasteiger partial charge in [-0.3, -0.25) is 0 Å². The van der Waals surface area contributed by atoms with Crippen molar-refractivity contribution in [1.82, 2.24) is 14.5 Å². The summed E-state index contributed by atoms with van der Waals surface area (Å²) >= 11 is 1.80. The van der Waals surface area contributed by atoms with Gasteiger partial charge in [-0.05, 0) is 42.0 Å². The predicted molar refractivity (Wildman–Crippen MR) is 197 cm³/mol. The summed E-state index contributed by atoms with van der Waals surface area (Å²) in [6.45, 7) is 8.34. The first-order chi connectivity index (χ1) is 23.7. The minimum atomic E-state index is 0.369. The van der Waals surface area contributed by atoms with Crippen molar-refractivity contribution in [1.29, 1.82) is 5.26 Å². The van der Waals surface area contributed by atoms with E-state index in [2.05, 4.69) is 70.1 Å². The van der Waals surface area contributed by atoms with Gasteiger partial charge in [-0.1, -0.05) is 103 Å². The van der Waals surface area contributed by atoms with Gasteiger partial charge in [0.1, 0.15) is 11.6 Å². The van der Waals surface area contributed by atoms with Crippen molar-refractivity contribution in [3.05, 3.63) is 157 Å². The lowest BCUT2D eigenvalue weighted by Gasteiger charge is -2.15. The van der Waals surface area contributed by atoms with Gasteiger partial charge in [0, 0.05) is 42.1 Å². The Kier molecular flexibility index (Phi) is 6.36. The minimum Gasteiger partial charge on any atom is -0.319 e. The first-order valence-electron chi connectivity index (χ1n) is 15.5. The fourth-order valence-corrected chi connectivity index (χ4v) is 7.82. The highest BCUT2D eigenvalue weighted by Gasteiger charge is 2.21. The van der Waals surface area contributed by atoms with Crippen LogP contribution in [0.25, 0.3) is 86.4 Å². The number of fused-ring (bicyclic) bond motifs is 6. The Labute approximate surface area is 280 Å². The van der Waals surface area contributed by atoms with Crippen LogP contribution in [0.3, 0.4) is 0 Å². The second-order valence-electron chi connectivity index (χ2n) is 11.6. The van der Waals surface area contributed by atoms with Crippen molar-refractivity contribution in [2.24, 2.45) is 0 Å². The van der Waals surface area contributed by atoms with Gasteiger partial charge in [0.2, 0.25) is 5.69 Å². The molecule has 0 amide bonds. The molecule has 3 heterocycles. The van der Waals surface area contributed by atoms with Crippen LogP contribution in [0.2, 0.25) is 0 Å². The molecular weight excluding hydrogens is 607 g/mol. The summed E-state index contributed by atoms with van der Waals surface area (Å²) in [5, 5.41) is 15.2. The SMILES string of the molecule is [C-]#[N+]c1cc(-c2nc(-c3ccccc3)nc(-c3ccccc3)c2C#N)ccc1-n1c2ccccc2c2cc3sc4ccccc4c3cc21. The number of hydrogen-bond acceptors (Lipinski definition) is 4. The number of rotatable bonds is 4. The van der Waals surface area contributed by atoms with E-state index >= 15 is 0 Å². The van der Waals surface area contributed by atoms with Crippen LogP contribution in [0.1, 0.15) is 5.56 Å². The van der Waals surface area contributed by atoms with Crippen LogP contribution in [-0.4, -0.2) is 14.5 Å². The largest absolute Gasteiger partial charge is 0.319 e. The Hall–Kier alpha value is -6.60. The lowest BCUT2D eigenvalue weighted by molar-refractivity contribution is 1.16. The molecule has 9 aromatic rings. The van der Waals surface area contributed by atoms with Crippen molar-refractivity contribution in [3.63, 3.8) is 0 Å². The van der Waals surface area contributed by atoms with E-state index in [1.165, 1.54) is 20.2 Å². The quantitative estimate of drug-likeness (QED) is 0.182. The second-order valence-corrected chi connectivity index (χ2v) is 12.7. The summed E-state index contributed by atoms with van der Waals surface area (Å²) in [6.07, 6.45) is 0. The van der Waals surface area contributed by atoms with Crippen LogP contribution in [0.5, 0.6) is 0 Å². The number of para-hydroxylation sites is 1. The Bertz CT molecular complexity index is 2800. The van der Waals surface area contributed by atoms with Crippen molar-refractivity contribution in [2.75, 3.05) is 0 Å². The van der Waals surface area contributed by atoms with Gasteiger partial charge in [-0.25, -0.2) is 14.8 Å². The highest BCUT2D eigenvalue weighted by Crippen LogP contribution is 2.43. The average Bonchev–Trinajstić information content (AvgIpc) is 3.68. The third-order valence-electron chi connectivity index (χ3n) is 8.88. The first kappa shape index (κ1) is 27.7. The summed E-state index contributed by atoms with van der Waals surface area (Å²) in [7, 11) is 0. The molecule has 0 saturated heterocycles. The predicted octanol–water partition coefficient (Wildman–Crippen LogP) is 11.4. The maximum atomic E-state index is 10.5. The van der Waals surface area contributed by atoms with Crippen LogP contribution in [0, 0.1) is 17.9 Å². The maximum Gasteiger partial charge on any atom is 0.211 e. The van der Waals surface area contributed by atoms with Gasteiger partial charge in [0.05, 0.1) is 34.7 Å². The van der Waals surface area contributed by atoms with Crippen molar-refractivity contribution in [3.8, 4) is 45.7 Å². The molecule has 0 aliphatic heterocycles. The van der Waals surface area contributed by atoms with E-state index in [9.17, 15) is 5.26 Å². The minimum absolute atomic E-state index is 0.369. The number of nitrogens with zero attached hydrogens (tertiary/aromatic N) is 5. The smallest absolute Gasteiger partial charge is 0.211 e. The molecule has 6 aromatic carbocycles. The third kappa shape index (κ3) is 4.29. The van der Waals surface area contributed by atoms with E-state index in [1.807, 2.05) is 84.9 Å². The number of aromatic nitrogens is 3. The Morgan fingerprint density at radius 2 is 1.25 bits per heavy atom. The van der Waals surface area contributed by atoms with E-state index in [0.717, 1.165) is 38.6 Å². The second kappa shape index (κ2) is 11.0. The zero-order chi connectivity index (χ0) is 32.2. The number of benzene rings is 6. The Morgan fingerprint density at radius 3 is 2.00 bits per heavy atom. The van der Waals surface area contributed by atoms with Gasteiger partial charge in [-0.15, -0.1) is 11.3 Å². The zero-order valence-electron chi connectivity index (χ0n) is 25.4. The highest BCUT2D eigenvalue weighted by molar-refractivity contribution is 7.25. The molecule has 0 aliphatic carbocycles.